The average Bonchev–Trinajstić information content (AvgIpc) is 3.23. The number of likely N-dealkylation sites (N-methyl/N-ethyl adjacent to an activating group) is 1. The van der Waals surface area contributed by atoms with Gasteiger partial charge in [-0.2, -0.15) is 0 Å². The first-order chi connectivity index (χ1) is 17.7. The van der Waals surface area contributed by atoms with Crippen molar-refractivity contribution < 1.29 is 14.4 Å². The van der Waals surface area contributed by atoms with Crippen molar-refractivity contribution in [3.05, 3.63) is 76.3 Å². The van der Waals surface area contributed by atoms with Gasteiger partial charge in [-0.25, -0.2) is 4.98 Å². The lowest BCUT2D eigenvalue weighted by Gasteiger charge is -2.22. The van der Waals surface area contributed by atoms with E-state index in [0.29, 0.717) is 37.3 Å². The van der Waals surface area contributed by atoms with Crippen molar-refractivity contribution >= 4 is 50.6 Å². The predicted molar refractivity (Wildman–Crippen MR) is 151 cm³/mol. The number of carbonyl (C=O) groups is 3. The molecule has 2 aromatic carbocycles. The minimum atomic E-state index is -0.539. The van der Waals surface area contributed by atoms with Crippen LogP contribution in [-0.4, -0.2) is 54.0 Å². The second kappa shape index (κ2) is 14.2. The molecular formula is C29H34ClN3O3S. The number of nitrogens with one attached hydrogen (secondary N) is 1. The number of rotatable bonds is 14. The van der Waals surface area contributed by atoms with E-state index in [9.17, 15) is 14.4 Å². The van der Waals surface area contributed by atoms with E-state index in [1.54, 1.807) is 12.1 Å². The maximum absolute atomic E-state index is 13.4. The highest BCUT2D eigenvalue weighted by molar-refractivity contribution is 7.18. The molecule has 0 bridgehead atoms. The lowest BCUT2D eigenvalue weighted by Crippen LogP contribution is -2.41. The lowest BCUT2D eigenvalue weighted by atomic mass is 9.95. The normalized spacial score (nSPS) is 13.2. The lowest BCUT2D eigenvalue weighted by molar-refractivity contribution is -0.129. The Labute approximate surface area is 227 Å². The summed E-state index contributed by atoms with van der Waals surface area (Å²) in [5, 5.41) is 4.57. The van der Waals surface area contributed by atoms with Gasteiger partial charge in [0.05, 0.1) is 21.1 Å². The minimum Gasteiger partial charge on any atom is -0.353 e. The molecule has 0 aliphatic heterocycles. The molecule has 1 N–H and O–H groups in total. The van der Waals surface area contributed by atoms with Crippen LogP contribution in [0.3, 0.4) is 0 Å². The fourth-order valence-electron chi connectivity index (χ4n) is 4.09. The van der Waals surface area contributed by atoms with Crippen LogP contribution in [0.25, 0.3) is 10.2 Å². The van der Waals surface area contributed by atoms with Gasteiger partial charge in [0.15, 0.2) is 5.78 Å². The van der Waals surface area contributed by atoms with Gasteiger partial charge in [-0.05, 0) is 63.7 Å². The number of ketones is 2. The number of halogens is 1. The van der Waals surface area contributed by atoms with E-state index >= 15 is 0 Å². The molecule has 8 heteroatoms. The molecule has 1 amide bonds. The van der Waals surface area contributed by atoms with E-state index < -0.39 is 5.92 Å². The molecule has 0 aliphatic rings. The van der Waals surface area contributed by atoms with Crippen LogP contribution in [0.5, 0.6) is 0 Å². The Bertz CT molecular complexity index is 1240. The molecule has 0 fully saturated rings. The van der Waals surface area contributed by atoms with Crippen molar-refractivity contribution in [2.75, 3.05) is 20.6 Å². The molecule has 0 unspecified atom stereocenters. The van der Waals surface area contributed by atoms with Crippen LogP contribution in [-0.2, 0) is 27.2 Å². The first-order valence-corrected chi connectivity index (χ1v) is 13.6. The molecule has 2 atom stereocenters. The van der Waals surface area contributed by atoms with E-state index in [0.717, 1.165) is 20.8 Å². The number of benzene rings is 2. The molecule has 3 aromatic rings. The van der Waals surface area contributed by atoms with Crippen molar-refractivity contribution in [2.24, 2.45) is 5.92 Å². The van der Waals surface area contributed by atoms with E-state index in [1.807, 2.05) is 67.5 Å². The minimum absolute atomic E-state index is 0.0302. The maximum Gasteiger partial charge on any atom is 0.224 e. The summed E-state index contributed by atoms with van der Waals surface area (Å²) in [5.41, 5.74) is 1.91. The number of carbonyl (C=O) groups excluding carboxylic acids is 3. The Balaban J connectivity index is 1.72. The number of fused-ring (bicyclic) bond motifs is 1. The summed E-state index contributed by atoms with van der Waals surface area (Å²) in [6, 6.07) is 15.2. The molecule has 0 saturated carbocycles. The first kappa shape index (κ1) is 28.7. The number of amides is 1. The Morgan fingerprint density at radius 2 is 1.86 bits per heavy atom. The fourth-order valence-corrected chi connectivity index (χ4v) is 5.41. The van der Waals surface area contributed by atoms with Crippen LogP contribution >= 0.6 is 22.9 Å². The number of allylic oxidation sites excluding steroid dienone is 1. The third-order valence-corrected chi connectivity index (χ3v) is 7.18. The molecule has 0 radical (unpaired) electrons. The zero-order chi connectivity index (χ0) is 26.8. The highest BCUT2D eigenvalue weighted by Crippen LogP contribution is 2.27. The topological polar surface area (TPSA) is 79.4 Å². The quantitative estimate of drug-likeness (QED) is 0.282. The van der Waals surface area contributed by atoms with Gasteiger partial charge >= 0.3 is 0 Å². The van der Waals surface area contributed by atoms with E-state index in [-0.39, 0.29) is 29.9 Å². The van der Waals surface area contributed by atoms with Crippen LogP contribution in [0.4, 0.5) is 0 Å². The Morgan fingerprint density at radius 3 is 2.57 bits per heavy atom. The number of thiazole rings is 1. The second-order valence-electron chi connectivity index (χ2n) is 9.59. The van der Waals surface area contributed by atoms with Crippen molar-refractivity contribution in [3.8, 4) is 0 Å². The number of Topliss-reactive ketones (excluding diaryl/α,β-unsaturated/α-hetero) is 1. The van der Waals surface area contributed by atoms with E-state index in [4.69, 9.17) is 11.6 Å². The second-order valence-corrected chi connectivity index (χ2v) is 11.1. The van der Waals surface area contributed by atoms with Gasteiger partial charge in [-0.3, -0.25) is 9.59 Å². The zero-order valence-electron chi connectivity index (χ0n) is 21.6. The molecule has 1 heterocycles. The van der Waals surface area contributed by atoms with Crippen molar-refractivity contribution in [3.63, 3.8) is 0 Å². The highest BCUT2D eigenvalue weighted by atomic mass is 35.5. The van der Waals surface area contributed by atoms with Crippen LogP contribution < -0.4 is 5.32 Å². The standard InChI is InChI=1S/C29H34ClN3O3S/c1-20(34)16-22(18-28-32-26-14-11-23(30)19-27(26)37-28)29(36)31-24(17-21-8-5-4-6-9-21)12-13-25(35)10-7-15-33(2)3/h4-11,14,19,22,24H,12-13,15-18H2,1-3H3,(H,31,36)/b10-7+/t22-,24+/m0/s1. The SMILES string of the molecule is CC(=O)C[C@@H](Cc1nc2ccc(Cl)cc2s1)C(=O)N[C@H](CCC(=O)/C=C/CN(C)C)Cc1ccccc1. The van der Waals surface area contributed by atoms with Crippen molar-refractivity contribution in [2.45, 2.75) is 45.1 Å². The Morgan fingerprint density at radius 1 is 1.11 bits per heavy atom. The third kappa shape index (κ3) is 9.84. The average molecular weight is 540 g/mol. The zero-order valence-corrected chi connectivity index (χ0v) is 23.1. The maximum atomic E-state index is 13.4. The summed E-state index contributed by atoms with van der Waals surface area (Å²) in [6.07, 6.45) is 5.41. The largest absolute Gasteiger partial charge is 0.353 e. The molecule has 37 heavy (non-hydrogen) atoms. The van der Waals surface area contributed by atoms with Gasteiger partial charge in [-0.1, -0.05) is 48.0 Å². The summed E-state index contributed by atoms with van der Waals surface area (Å²) in [4.78, 5) is 44.5. The third-order valence-electron chi connectivity index (χ3n) is 5.91. The van der Waals surface area contributed by atoms with E-state index in [2.05, 4.69) is 10.3 Å². The summed E-state index contributed by atoms with van der Waals surface area (Å²) in [5.74, 6) is -0.751. The molecule has 0 spiro atoms. The van der Waals surface area contributed by atoms with Gasteiger partial charge in [0, 0.05) is 36.9 Å². The summed E-state index contributed by atoms with van der Waals surface area (Å²) in [7, 11) is 3.89. The molecule has 3 rings (SSSR count). The number of nitrogens with zero attached hydrogens (tertiary/aromatic N) is 2. The molecule has 196 valence electrons. The van der Waals surface area contributed by atoms with E-state index in [1.165, 1.54) is 18.3 Å². The predicted octanol–water partition coefficient (Wildman–Crippen LogP) is 5.28. The Hall–Kier alpha value is -2.87. The number of aromatic nitrogens is 1. The van der Waals surface area contributed by atoms with Gasteiger partial charge in [0.25, 0.3) is 0 Å². The summed E-state index contributed by atoms with van der Waals surface area (Å²) in [6.45, 7) is 2.19. The highest BCUT2D eigenvalue weighted by Gasteiger charge is 2.25. The molecule has 0 saturated heterocycles. The number of hydrogen-bond acceptors (Lipinski definition) is 6. The fraction of sp³-hybridized carbons (Fsp3) is 0.379. The Kier molecular flexibility index (Phi) is 11.0. The molecule has 1 aromatic heterocycles. The smallest absolute Gasteiger partial charge is 0.224 e. The monoisotopic (exact) mass is 539 g/mol. The van der Waals surface area contributed by atoms with Crippen molar-refractivity contribution in [1.29, 1.82) is 0 Å². The van der Waals surface area contributed by atoms with Gasteiger partial charge in [-0.15, -0.1) is 11.3 Å². The number of hydrogen-bond donors (Lipinski definition) is 1. The molecular weight excluding hydrogens is 506 g/mol. The molecule has 0 aliphatic carbocycles. The van der Waals surface area contributed by atoms with Crippen LogP contribution in [0.15, 0.2) is 60.7 Å². The van der Waals surface area contributed by atoms with Gasteiger partial charge < -0.3 is 15.0 Å². The first-order valence-electron chi connectivity index (χ1n) is 12.4. The van der Waals surface area contributed by atoms with Crippen LogP contribution in [0.2, 0.25) is 5.02 Å². The molecule has 6 nitrogen and oxygen atoms in total. The van der Waals surface area contributed by atoms with Crippen LogP contribution in [0.1, 0.15) is 36.8 Å². The van der Waals surface area contributed by atoms with Crippen LogP contribution in [0, 0.1) is 5.92 Å². The van der Waals surface area contributed by atoms with Gasteiger partial charge in [0.2, 0.25) is 5.91 Å². The summed E-state index contributed by atoms with van der Waals surface area (Å²) >= 11 is 7.60. The van der Waals surface area contributed by atoms with Crippen molar-refractivity contribution in [1.82, 2.24) is 15.2 Å². The summed E-state index contributed by atoms with van der Waals surface area (Å²) < 4.78 is 0.951. The van der Waals surface area contributed by atoms with Gasteiger partial charge in [0.1, 0.15) is 5.78 Å².